The topological polar surface area (TPSA) is 106 Å². The van der Waals surface area contributed by atoms with Crippen molar-refractivity contribution >= 4 is 16.0 Å². The summed E-state index contributed by atoms with van der Waals surface area (Å²) < 4.78 is 108. The lowest BCUT2D eigenvalue weighted by Gasteiger charge is -2.30. The van der Waals surface area contributed by atoms with Crippen LogP contribution < -0.4 is 5.32 Å². The minimum absolute atomic E-state index is 0.148. The van der Waals surface area contributed by atoms with E-state index in [2.05, 4.69) is 25.3 Å². The van der Waals surface area contributed by atoms with Crippen LogP contribution in [0, 0.1) is 0 Å². The van der Waals surface area contributed by atoms with Crippen LogP contribution in [-0.4, -0.2) is 62.6 Å². The van der Waals surface area contributed by atoms with E-state index in [1.165, 1.54) is 16.4 Å². The number of piperidine rings is 1. The van der Waals surface area contributed by atoms with E-state index in [0.29, 0.717) is 19.0 Å². The molecule has 3 aromatic rings. The number of hydrogen-bond acceptors (Lipinski definition) is 7. The van der Waals surface area contributed by atoms with Gasteiger partial charge in [0.25, 0.3) is 0 Å². The number of nitrogens with zero attached hydrogens (tertiary/aromatic N) is 6. The third kappa shape index (κ3) is 6.06. The first-order valence-corrected chi connectivity index (χ1v) is 13.3. The van der Waals surface area contributed by atoms with Gasteiger partial charge in [-0.3, -0.25) is 0 Å². The maximum Gasteiger partial charge on any atom is 0.435 e. The molecule has 0 saturated carbocycles. The molecule has 0 aliphatic carbocycles. The SMILES string of the molecule is CCc1ccc(-n2cnc(-c3nc(NC4CCN(S(C)(=O)=O)CC4)ncc3C(F)(F)F)c2)c(C(F)(F)F)n1. The van der Waals surface area contributed by atoms with Crippen LogP contribution in [0.4, 0.5) is 32.3 Å². The molecule has 0 unspecified atom stereocenters. The Labute approximate surface area is 214 Å². The third-order valence-corrected chi connectivity index (χ3v) is 7.32. The van der Waals surface area contributed by atoms with Gasteiger partial charge in [0.1, 0.15) is 23.3 Å². The second kappa shape index (κ2) is 10.1. The van der Waals surface area contributed by atoms with Gasteiger partial charge in [-0.15, -0.1) is 0 Å². The average molecular weight is 564 g/mol. The number of nitrogens with one attached hydrogen (secondary N) is 1. The van der Waals surface area contributed by atoms with Crippen LogP contribution in [0.5, 0.6) is 0 Å². The molecule has 38 heavy (non-hydrogen) atoms. The summed E-state index contributed by atoms with van der Waals surface area (Å²) in [6.45, 7) is 2.09. The number of rotatable bonds is 6. The Morgan fingerprint density at radius 3 is 2.29 bits per heavy atom. The normalized spacial score (nSPS) is 16.1. The van der Waals surface area contributed by atoms with Crippen LogP contribution in [0.3, 0.4) is 0 Å². The molecular formula is C22H23F6N7O2S. The predicted octanol–water partition coefficient (Wildman–Crippen LogP) is 4.16. The van der Waals surface area contributed by atoms with Crippen LogP contribution in [0.1, 0.15) is 36.7 Å². The van der Waals surface area contributed by atoms with Gasteiger partial charge in [-0.05, 0) is 31.4 Å². The fourth-order valence-corrected chi connectivity index (χ4v) is 4.93. The number of halogens is 6. The number of imidazole rings is 1. The van der Waals surface area contributed by atoms with Crippen molar-refractivity contribution in [3.63, 3.8) is 0 Å². The van der Waals surface area contributed by atoms with Crippen molar-refractivity contribution in [2.75, 3.05) is 24.7 Å². The monoisotopic (exact) mass is 563 g/mol. The molecule has 1 N–H and O–H groups in total. The zero-order chi connectivity index (χ0) is 27.9. The minimum Gasteiger partial charge on any atom is -0.351 e. The van der Waals surface area contributed by atoms with E-state index in [9.17, 15) is 34.8 Å². The Morgan fingerprint density at radius 2 is 1.71 bits per heavy atom. The first-order chi connectivity index (χ1) is 17.7. The van der Waals surface area contributed by atoms with Crippen molar-refractivity contribution in [2.24, 2.45) is 0 Å². The Kier molecular flexibility index (Phi) is 7.40. The minimum atomic E-state index is -4.86. The fraction of sp³-hybridized carbons (Fsp3) is 0.455. The summed E-state index contributed by atoms with van der Waals surface area (Å²) in [6.07, 6.45) is -5.00. The van der Waals surface area contributed by atoms with Crippen LogP contribution >= 0.6 is 0 Å². The third-order valence-electron chi connectivity index (χ3n) is 6.02. The number of alkyl halides is 6. The number of pyridine rings is 1. The van der Waals surface area contributed by atoms with E-state index < -0.39 is 45.0 Å². The number of hydrogen-bond donors (Lipinski definition) is 1. The second-order valence-electron chi connectivity index (χ2n) is 8.72. The van der Waals surface area contributed by atoms with Gasteiger partial charge in [0.2, 0.25) is 16.0 Å². The molecule has 0 spiro atoms. The molecule has 1 saturated heterocycles. The lowest BCUT2D eigenvalue weighted by Crippen LogP contribution is -2.42. The first-order valence-electron chi connectivity index (χ1n) is 11.4. The van der Waals surface area contributed by atoms with Gasteiger partial charge in [-0.2, -0.15) is 26.3 Å². The Bertz CT molecular complexity index is 1410. The summed E-state index contributed by atoms with van der Waals surface area (Å²) in [5, 5.41) is 2.92. The molecule has 1 aliphatic heterocycles. The van der Waals surface area contributed by atoms with E-state index in [1.807, 2.05) is 0 Å². The molecule has 1 fully saturated rings. The number of anilines is 1. The first kappa shape index (κ1) is 27.8. The fourth-order valence-electron chi connectivity index (χ4n) is 4.05. The van der Waals surface area contributed by atoms with Crippen LogP contribution in [0.2, 0.25) is 0 Å². The van der Waals surface area contributed by atoms with Crippen molar-refractivity contribution in [1.82, 2.24) is 28.8 Å². The molecule has 206 valence electrons. The quantitative estimate of drug-likeness (QED) is 0.449. The molecular weight excluding hydrogens is 540 g/mol. The zero-order valence-electron chi connectivity index (χ0n) is 20.2. The highest BCUT2D eigenvalue weighted by atomic mass is 32.2. The van der Waals surface area contributed by atoms with E-state index in [1.54, 1.807) is 6.92 Å². The van der Waals surface area contributed by atoms with Gasteiger partial charge in [-0.1, -0.05) is 6.92 Å². The van der Waals surface area contributed by atoms with Crippen molar-refractivity contribution in [2.45, 2.75) is 44.6 Å². The molecule has 0 bridgehead atoms. The van der Waals surface area contributed by atoms with E-state index in [4.69, 9.17) is 0 Å². The van der Waals surface area contributed by atoms with Crippen molar-refractivity contribution in [1.29, 1.82) is 0 Å². The molecule has 3 aromatic heterocycles. The molecule has 1 aliphatic rings. The molecule has 0 atom stereocenters. The number of sulfonamides is 1. The predicted molar refractivity (Wildman–Crippen MR) is 125 cm³/mol. The molecule has 16 heteroatoms. The van der Waals surface area contributed by atoms with Gasteiger partial charge in [0, 0.05) is 37.2 Å². The molecule has 0 amide bonds. The van der Waals surface area contributed by atoms with Crippen LogP contribution in [0.25, 0.3) is 17.1 Å². The summed E-state index contributed by atoms with van der Waals surface area (Å²) in [6, 6.07) is 2.28. The van der Waals surface area contributed by atoms with E-state index in [0.717, 1.165) is 23.3 Å². The van der Waals surface area contributed by atoms with Crippen LogP contribution in [-0.2, 0) is 28.8 Å². The van der Waals surface area contributed by atoms with Gasteiger partial charge in [-0.25, -0.2) is 32.7 Å². The molecule has 9 nitrogen and oxygen atoms in total. The summed E-state index contributed by atoms with van der Waals surface area (Å²) in [7, 11) is -3.36. The van der Waals surface area contributed by atoms with Gasteiger partial charge >= 0.3 is 12.4 Å². The standard InChI is InChI=1S/C22H23F6N7O2S/c1-3-13-4-5-17(19(31-13)22(26,27)28)34-11-16(30-12-34)18-15(21(23,24)25)10-29-20(33-18)32-14-6-8-35(9-7-14)38(2,36)37/h4-5,10-12,14H,3,6-9H2,1-2H3,(H,29,32,33). The number of aromatic nitrogens is 5. The number of aryl methyl sites for hydroxylation is 1. The van der Waals surface area contributed by atoms with Crippen molar-refractivity contribution in [3.8, 4) is 17.1 Å². The zero-order valence-corrected chi connectivity index (χ0v) is 21.0. The Balaban J connectivity index is 1.67. The molecule has 0 radical (unpaired) electrons. The van der Waals surface area contributed by atoms with Gasteiger partial charge in [0.05, 0.1) is 11.9 Å². The Morgan fingerprint density at radius 1 is 1.03 bits per heavy atom. The van der Waals surface area contributed by atoms with Crippen molar-refractivity contribution in [3.05, 3.63) is 47.8 Å². The highest BCUT2D eigenvalue weighted by Gasteiger charge is 2.38. The van der Waals surface area contributed by atoms with Gasteiger partial charge in [0.15, 0.2) is 5.69 Å². The summed E-state index contributed by atoms with van der Waals surface area (Å²) in [5.74, 6) is -0.148. The summed E-state index contributed by atoms with van der Waals surface area (Å²) in [5.41, 5.74) is -3.53. The molecule has 0 aromatic carbocycles. The maximum atomic E-state index is 13.8. The van der Waals surface area contributed by atoms with Crippen LogP contribution in [0.15, 0.2) is 30.9 Å². The summed E-state index contributed by atoms with van der Waals surface area (Å²) >= 11 is 0. The van der Waals surface area contributed by atoms with E-state index >= 15 is 0 Å². The highest BCUT2D eigenvalue weighted by Crippen LogP contribution is 2.37. The molecule has 4 rings (SSSR count). The highest BCUT2D eigenvalue weighted by molar-refractivity contribution is 7.88. The summed E-state index contributed by atoms with van der Waals surface area (Å²) in [4.78, 5) is 15.3. The lowest BCUT2D eigenvalue weighted by atomic mass is 10.1. The molecule has 4 heterocycles. The largest absolute Gasteiger partial charge is 0.435 e. The second-order valence-corrected chi connectivity index (χ2v) is 10.7. The smallest absolute Gasteiger partial charge is 0.351 e. The van der Waals surface area contributed by atoms with Gasteiger partial charge < -0.3 is 9.88 Å². The maximum absolute atomic E-state index is 13.8. The van der Waals surface area contributed by atoms with Crippen molar-refractivity contribution < 1.29 is 34.8 Å². The van der Waals surface area contributed by atoms with E-state index in [-0.39, 0.29) is 42.9 Å². The average Bonchev–Trinajstić information content (AvgIpc) is 3.32. The lowest BCUT2D eigenvalue weighted by molar-refractivity contribution is -0.141. The Hall–Kier alpha value is -3.27.